The van der Waals surface area contributed by atoms with Crippen molar-refractivity contribution in [3.63, 3.8) is 0 Å². The Bertz CT molecular complexity index is 317. The van der Waals surface area contributed by atoms with Gasteiger partial charge in [-0.2, -0.15) is 0 Å². The number of allylic oxidation sites excluding steroid dienone is 2. The zero-order valence-corrected chi connectivity index (χ0v) is 12.6. The van der Waals surface area contributed by atoms with Crippen molar-refractivity contribution in [2.75, 3.05) is 0 Å². The van der Waals surface area contributed by atoms with Gasteiger partial charge in [0.15, 0.2) is 0 Å². The Morgan fingerprint density at radius 1 is 0.789 bits per heavy atom. The largest absolute Gasteiger partial charge is 0.386 e. The lowest BCUT2D eigenvalue weighted by Gasteiger charge is -2.07. The van der Waals surface area contributed by atoms with Gasteiger partial charge in [-0.15, -0.1) is 0 Å². The maximum atomic E-state index is 11.8. The van der Waals surface area contributed by atoms with Crippen molar-refractivity contribution in [3.05, 3.63) is 23.3 Å². The molecule has 3 heteroatoms. The highest BCUT2D eigenvalue weighted by Gasteiger charge is 2.16. The summed E-state index contributed by atoms with van der Waals surface area (Å²) >= 11 is 0. The summed E-state index contributed by atoms with van der Waals surface area (Å²) in [5.41, 5.74) is 1.17. The van der Waals surface area contributed by atoms with Gasteiger partial charge in [-0.25, -0.2) is 9.59 Å². The fourth-order valence-corrected chi connectivity index (χ4v) is 1.60. The first-order chi connectivity index (χ1) is 9.10. The summed E-state index contributed by atoms with van der Waals surface area (Å²) < 4.78 is 4.94. The monoisotopic (exact) mass is 266 g/mol. The van der Waals surface area contributed by atoms with Crippen molar-refractivity contribution in [1.82, 2.24) is 0 Å². The maximum Gasteiger partial charge on any atom is 0.341 e. The van der Waals surface area contributed by atoms with Crippen LogP contribution in [0.1, 0.15) is 66.2 Å². The summed E-state index contributed by atoms with van der Waals surface area (Å²) in [6, 6.07) is 0. The molecule has 3 nitrogen and oxygen atoms in total. The second-order valence-corrected chi connectivity index (χ2v) is 4.42. The van der Waals surface area contributed by atoms with Gasteiger partial charge in [0, 0.05) is 11.1 Å². The van der Waals surface area contributed by atoms with E-state index in [9.17, 15) is 9.59 Å². The van der Waals surface area contributed by atoms with E-state index in [-0.39, 0.29) is 0 Å². The second kappa shape index (κ2) is 10.5. The van der Waals surface area contributed by atoms with Crippen LogP contribution in [-0.4, -0.2) is 11.9 Å². The second-order valence-electron chi connectivity index (χ2n) is 4.42. The van der Waals surface area contributed by atoms with Gasteiger partial charge in [0.25, 0.3) is 0 Å². The van der Waals surface area contributed by atoms with Crippen LogP contribution in [0.15, 0.2) is 23.3 Å². The van der Waals surface area contributed by atoms with Crippen molar-refractivity contribution < 1.29 is 14.3 Å². The van der Waals surface area contributed by atoms with Crippen molar-refractivity contribution in [3.8, 4) is 0 Å². The molecule has 0 saturated carbocycles. The van der Waals surface area contributed by atoms with E-state index in [1.54, 1.807) is 0 Å². The molecule has 108 valence electrons. The average Bonchev–Trinajstić information content (AvgIpc) is 2.40. The van der Waals surface area contributed by atoms with E-state index in [0.29, 0.717) is 24.0 Å². The Kier molecular flexibility index (Phi) is 9.77. The Labute approximate surface area is 116 Å². The molecule has 0 amide bonds. The molecule has 0 radical (unpaired) electrons. The minimum absolute atomic E-state index is 0.503. The first-order valence-corrected chi connectivity index (χ1v) is 7.25. The van der Waals surface area contributed by atoms with Crippen LogP contribution in [0.5, 0.6) is 0 Å². The molecule has 0 aromatic rings. The summed E-state index contributed by atoms with van der Waals surface area (Å²) in [4.78, 5) is 23.7. The molecule has 19 heavy (non-hydrogen) atoms. The van der Waals surface area contributed by atoms with E-state index < -0.39 is 11.9 Å². The maximum absolute atomic E-state index is 11.8. The van der Waals surface area contributed by atoms with Crippen LogP contribution in [-0.2, 0) is 14.3 Å². The highest BCUT2D eigenvalue weighted by Crippen LogP contribution is 2.11. The van der Waals surface area contributed by atoms with Crippen molar-refractivity contribution >= 4 is 11.9 Å². The van der Waals surface area contributed by atoms with Gasteiger partial charge in [-0.05, 0) is 25.7 Å². The zero-order chi connectivity index (χ0) is 14.7. The Hall–Kier alpha value is -1.38. The molecule has 0 spiro atoms. The number of hydrogen-bond acceptors (Lipinski definition) is 3. The Balaban J connectivity index is 4.65. The molecule has 0 aromatic heterocycles. The summed E-state index contributed by atoms with van der Waals surface area (Å²) in [5.74, 6) is -1.01. The van der Waals surface area contributed by atoms with Crippen LogP contribution in [0.3, 0.4) is 0 Å². The predicted octanol–water partition coefficient (Wildman–Crippen LogP) is 4.33. The number of ether oxygens (including phenoxy) is 1. The highest BCUT2D eigenvalue weighted by molar-refractivity contribution is 6.01. The van der Waals surface area contributed by atoms with E-state index >= 15 is 0 Å². The number of esters is 2. The molecule has 0 aliphatic rings. The lowest BCUT2D eigenvalue weighted by molar-refractivity contribution is -0.154. The average molecular weight is 266 g/mol. The number of hydrogen-bond donors (Lipinski definition) is 0. The molecular weight excluding hydrogens is 240 g/mol. The lowest BCUT2D eigenvalue weighted by atomic mass is 10.1. The fourth-order valence-electron chi connectivity index (χ4n) is 1.60. The lowest BCUT2D eigenvalue weighted by Crippen LogP contribution is -2.16. The molecular formula is C16H26O3. The van der Waals surface area contributed by atoms with E-state index in [1.165, 1.54) is 0 Å². The molecule has 0 aliphatic carbocycles. The minimum Gasteiger partial charge on any atom is -0.386 e. The molecule has 0 aromatic carbocycles. The van der Waals surface area contributed by atoms with E-state index in [0.717, 1.165) is 25.7 Å². The summed E-state index contributed by atoms with van der Waals surface area (Å²) in [7, 11) is 0. The molecule has 0 unspecified atom stereocenters. The summed E-state index contributed by atoms with van der Waals surface area (Å²) in [5, 5.41) is 0. The van der Waals surface area contributed by atoms with Gasteiger partial charge in [0.2, 0.25) is 0 Å². The molecule has 0 atom stereocenters. The first kappa shape index (κ1) is 17.6. The molecule has 0 bridgehead atoms. The molecule has 0 aliphatic heterocycles. The molecule has 0 rings (SSSR count). The minimum atomic E-state index is -0.503. The highest BCUT2D eigenvalue weighted by atomic mass is 16.6. The van der Waals surface area contributed by atoms with Crippen LogP contribution >= 0.6 is 0 Å². The van der Waals surface area contributed by atoms with Crippen LogP contribution in [0.4, 0.5) is 0 Å². The molecule has 0 heterocycles. The summed E-state index contributed by atoms with van der Waals surface area (Å²) in [6.45, 7) is 7.87. The molecule has 0 saturated heterocycles. The van der Waals surface area contributed by atoms with Crippen LogP contribution in [0.2, 0.25) is 0 Å². The third-order valence-electron chi connectivity index (χ3n) is 2.83. The topological polar surface area (TPSA) is 43.4 Å². The third kappa shape index (κ3) is 6.94. The van der Waals surface area contributed by atoms with Gasteiger partial charge in [0.05, 0.1) is 0 Å². The van der Waals surface area contributed by atoms with Crippen molar-refractivity contribution in [2.45, 2.75) is 66.2 Å². The van der Waals surface area contributed by atoms with E-state index in [4.69, 9.17) is 4.74 Å². The van der Waals surface area contributed by atoms with Crippen LogP contribution in [0, 0.1) is 0 Å². The molecule has 0 fully saturated rings. The quantitative estimate of drug-likeness (QED) is 0.373. The fraction of sp³-hybridized carbons (Fsp3) is 0.625. The van der Waals surface area contributed by atoms with Gasteiger partial charge >= 0.3 is 11.9 Å². The zero-order valence-electron chi connectivity index (χ0n) is 12.6. The number of carbonyl (C=O) groups is 2. The number of unbranched alkanes of at least 4 members (excludes halogenated alkanes) is 2. The number of rotatable bonds is 8. The van der Waals surface area contributed by atoms with Gasteiger partial charge in [0.1, 0.15) is 0 Å². The number of carbonyl (C=O) groups excluding carboxylic acids is 2. The van der Waals surface area contributed by atoms with Gasteiger partial charge in [-0.1, -0.05) is 52.7 Å². The predicted molar refractivity (Wildman–Crippen MR) is 77.7 cm³/mol. The van der Waals surface area contributed by atoms with Crippen molar-refractivity contribution in [2.24, 2.45) is 0 Å². The normalized spacial score (nSPS) is 12.4. The molecule has 0 N–H and O–H groups in total. The van der Waals surface area contributed by atoms with Gasteiger partial charge in [-0.3, -0.25) is 0 Å². The van der Waals surface area contributed by atoms with E-state index in [1.807, 2.05) is 39.8 Å². The van der Waals surface area contributed by atoms with Crippen LogP contribution in [0.25, 0.3) is 0 Å². The SMILES string of the molecule is CCCC=C(CC)C(=O)OC(=O)C(=CCCC)CC. The Morgan fingerprint density at radius 3 is 1.42 bits per heavy atom. The van der Waals surface area contributed by atoms with Crippen LogP contribution < -0.4 is 0 Å². The van der Waals surface area contributed by atoms with Gasteiger partial charge < -0.3 is 4.74 Å². The summed E-state index contributed by atoms with van der Waals surface area (Å²) in [6.07, 6.45) is 8.51. The van der Waals surface area contributed by atoms with Crippen molar-refractivity contribution in [1.29, 1.82) is 0 Å². The standard InChI is InChI=1S/C16H26O3/c1-5-9-11-13(7-3)15(17)19-16(18)14(8-4)12-10-6-2/h11-12H,5-10H2,1-4H3. The van der Waals surface area contributed by atoms with E-state index in [2.05, 4.69) is 0 Å². The smallest absolute Gasteiger partial charge is 0.341 e. The Morgan fingerprint density at radius 2 is 1.16 bits per heavy atom. The first-order valence-electron chi connectivity index (χ1n) is 7.25. The third-order valence-corrected chi connectivity index (χ3v) is 2.83.